The van der Waals surface area contributed by atoms with Gasteiger partial charge < -0.3 is 19.7 Å². The van der Waals surface area contributed by atoms with Gasteiger partial charge in [-0.15, -0.1) is 0 Å². The highest BCUT2D eigenvalue weighted by atomic mass is 35.5. The minimum absolute atomic E-state index is 0.156. The summed E-state index contributed by atoms with van der Waals surface area (Å²) >= 11 is 6.46. The van der Waals surface area contributed by atoms with Crippen LogP contribution in [-0.4, -0.2) is 23.4 Å². The monoisotopic (exact) mass is 323 g/mol. The molecular weight excluding hydrogens is 306 g/mol. The predicted octanol–water partition coefficient (Wildman–Crippen LogP) is 3.13. The van der Waals surface area contributed by atoms with Gasteiger partial charge in [-0.2, -0.15) is 4.98 Å². The number of hydrogen-bond acceptors (Lipinski definition) is 6. The van der Waals surface area contributed by atoms with Crippen molar-refractivity contribution in [2.45, 2.75) is 32.7 Å². The lowest BCUT2D eigenvalue weighted by Gasteiger charge is -2.19. The van der Waals surface area contributed by atoms with Gasteiger partial charge in [-0.05, 0) is 5.92 Å². The molecule has 0 bridgehead atoms. The fourth-order valence-corrected chi connectivity index (χ4v) is 2.80. The van der Waals surface area contributed by atoms with E-state index in [-0.39, 0.29) is 12.5 Å². The first-order valence-corrected chi connectivity index (χ1v) is 7.64. The second-order valence-electron chi connectivity index (χ2n) is 5.40. The second-order valence-corrected chi connectivity index (χ2v) is 5.80. The summed E-state index contributed by atoms with van der Waals surface area (Å²) in [6.07, 6.45) is 0.832. The van der Waals surface area contributed by atoms with Gasteiger partial charge in [0, 0.05) is 23.6 Å². The Morgan fingerprint density at radius 3 is 2.77 bits per heavy atom. The first-order valence-electron chi connectivity index (χ1n) is 7.26. The summed E-state index contributed by atoms with van der Waals surface area (Å²) in [6.45, 7) is 5.53. The molecule has 3 rings (SSSR count). The Balaban J connectivity index is 2.22. The zero-order valence-corrected chi connectivity index (χ0v) is 13.3. The quantitative estimate of drug-likeness (QED) is 0.934. The smallest absolute Gasteiger partial charge is 0.240 e. The number of rotatable bonds is 3. The van der Waals surface area contributed by atoms with E-state index in [2.05, 4.69) is 24.0 Å². The van der Waals surface area contributed by atoms with Crippen LogP contribution in [0.5, 0.6) is 11.5 Å². The SMILES string of the molecule is CC(C)c1c2c(cc(Cl)c1-c1noc(CN)n1)OCCCO2. The summed E-state index contributed by atoms with van der Waals surface area (Å²) in [5.74, 6) is 2.32. The molecule has 0 spiro atoms. The largest absolute Gasteiger partial charge is 0.489 e. The number of nitrogens with zero attached hydrogens (tertiary/aromatic N) is 2. The molecule has 0 saturated carbocycles. The number of fused-ring (bicyclic) bond motifs is 1. The maximum atomic E-state index is 6.46. The summed E-state index contributed by atoms with van der Waals surface area (Å²) in [5, 5.41) is 4.50. The predicted molar refractivity (Wildman–Crippen MR) is 82.3 cm³/mol. The molecule has 0 saturated heterocycles. The molecule has 118 valence electrons. The van der Waals surface area contributed by atoms with Gasteiger partial charge in [-0.1, -0.05) is 30.6 Å². The summed E-state index contributed by atoms with van der Waals surface area (Å²) in [7, 11) is 0. The molecule has 2 N–H and O–H groups in total. The molecule has 6 nitrogen and oxygen atoms in total. The van der Waals surface area contributed by atoms with Gasteiger partial charge >= 0.3 is 0 Å². The maximum absolute atomic E-state index is 6.46. The van der Waals surface area contributed by atoms with Gasteiger partial charge in [0.2, 0.25) is 11.7 Å². The van der Waals surface area contributed by atoms with Crippen molar-refractivity contribution in [3.05, 3.63) is 22.5 Å². The Hall–Kier alpha value is -1.79. The third kappa shape index (κ3) is 2.64. The van der Waals surface area contributed by atoms with Gasteiger partial charge in [0.25, 0.3) is 0 Å². The van der Waals surface area contributed by atoms with Crippen LogP contribution in [0.15, 0.2) is 10.6 Å². The van der Waals surface area contributed by atoms with Crippen LogP contribution in [-0.2, 0) is 6.54 Å². The van der Waals surface area contributed by atoms with Crippen molar-refractivity contribution in [1.82, 2.24) is 10.1 Å². The topological polar surface area (TPSA) is 83.4 Å². The first-order chi connectivity index (χ1) is 10.6. The van der Waals surface area contributed by atoms with E-state index >= 15 is 0 Å². The Labute approximate surface area is 133 Å². The molecule has 1 aliphatic heterocycles. The van der Waals surface area contributed by atoms with Crippen LogP contribution < -0.4 is 15.2 Å². The van der Waals surface area contributed by atoms with E-state index in [1.165, 1.54) is 0 Å². The van der Waals surface area contributed by atoms with E-state index in [0.29, 0.717) is 47.0 Å². The second kappa shape index (κ2) is 6.14. The molecule has 2 heterocycles. The summed E-state index contributed by atoms with van der Waals surface area (Å²) in [4.78, 5) is 4.29. The van der Waals surface area contributed by atoms with Gasteiger partial charge in [-0.25, -0.2) is 0 Å². The number of benzene rings is 1. The molecule has 0 radical (unpaired) electrons. The summed E-state index contributed by atoms with van der Waals surface area (Å²) < 4.78 is 16.8. The molecule has 2 aromatic rings. The number of hydrogen-bond donors (Lipinski definition) is 1. The lowest BCUT2D eigenvalue weighted by atomic mass is 9.95. The summed E-state index contributed by atoms with van der Waals surface area (Å²) in [5.41, 5.74) is 7.17. The third-order valence-electron chi connectivity index (χ3n) is 3.47. The molecule has 0 atom stereocenters. The highest BCUT2D eigenvalue weighted by Crippen LogP contribution is 2.46. The van der Waals surface area contributed by atoms with Crippen LogP contribution >= 0.6 is 11.6 Å². The van der Waals surface area contributed by atoms with Gasteiger partial charge in [-0.3, -0.25) is 0 Å². The number of halogens is 1. The van der Waals surface area contributed by atoms with Crippen molar-refractivity contribution >= 4 is 11.6 Å². The van der Waals surface area contributed by atoms with Crippen molar-refractivity contribution < 1.29 is 14.0 Å². The molecule has 1 aromatic carbocycles. The van der Waals surface area contributed by atoms with E-state index in [4.69, 9.17) is 31.3 Å². The minimum atomic E-state index is 0.156. The van der Waals surface area contributed by atoms with Crippen LogP contribution in [0.4, 0.5) is 0 Å². The van der Waals surface area contributed by atoms with E-state index in [1.807, 2.05) is 0 Å². The highest BCUT2D eigenvalue weighted by Gasteiger charge is 2.26. The van der Waals surface area contributed by atoms with Crippen molar-refractivity contribution in [2.75, 3.05) is 13.2 Å². The maximum Gasteiger partial charge on any atom is 0.240 e. The molecular formula is C15H18ClN3O3. The normalized spacial score (nSPS) is 14.2. The Morgan fingerprint density at radius 1 is 1.32 bits per heavy atom. The molecule has 7 heteroatoms. The molecule has 0 amide bonds. The molecule has 1 aliphatic rings. The molecule has 22 heavy (non-hydrogen) atoms. The van der Waals surface area contributed by atoms with E-state index in [9.17, 15) is 0 Å². The van der Waals surface area contributed by atoms with Crippen LogP contribution in [0, 0.1) is 0 Å². The van der Waals surface area contributed by atoms with Crippen LogP contribution in [0.2, 0.25) is 5.02 Å². The van der Waals surface area contributed by atoms with Crippen molar-refractivity contribution in [3.8, 4) is 22.9 Å². The number of ether oxygens (including phenoxy) is 2. The minimum Gasteiger partial charge on any atom is -0.489 e. The lowest BCUT2D eigenvalue weighted by molar-refractivity contribution is 0.296. The van der Waals surface area contributed by atoms with Gasteiger partial charge in [0.15, 0.2) is 11.5 Å². The lowest BCUT2D eigenvalue weighted by Crippen LogP contribution is -2.03. The Kier molecular flexibility index (Phi) is 4.22. The zero-order valence-electron chi connectivity index (χ0n) is 12.6. The summed E-state index contributed by atoms with van der Waals surface area (Å²) in [6, 6.07) is 1.75. The molecule has 0 unspecified atom stereocenters. The average molecular weight is 324 g/mol. The fraction of sp³-hybridized carbons (Fsp3) is 0.467. The fourth-order valence-electron chi connectivity index (χ4n) is 2.52. The van der Waals surface area contributed by atoms with Gasteiger partial charge in [0.1, 0.15) is 0 Å². The average Bonchev–Trinajstić information content (AvgIpc) is 2.84. The van der Waals surface area contributed by atoms with Gasteiger partial charge in [0.05, 0.1) is 24.8 Å². The Bertz CT molecular complexity index is 685. The van der Waals surface area contributed by atoms with Crippen LogP contribution in [0.3, 0.4) is 0 Å². The van der Waals surface area contributed by atoms with Crippen molar-refractivity contribution in [3.63, 3.8) is 0 Å². The zero-order chi connectivity index (χ0) is 15.7. The Morgan fingerprint density at radius 2 is 2.09 bits per heavy atom. The third-order valence-corrected chi connectivity index (χ3v) is 3.77. The van der Waals surface area contributed by atoms with Crippen LogP contribution in [0.1, 0.15) is 37.6 Å². The molecule has 0 fully saturated rings. The van der Waals surface area contributed by atoms with E-state index in [0.717, 1.165) is 12.0 Å². The highest BCUT2D eigenvalue weighted by molar-refractivity contribution is 6.33. The molecule has 0 aliphatic carbocycles. The van der Waals surface area contributed by atoms with Crippen molar-refractivity contribution in [1.29, 1.82) is 0 Å². The van der Waals surface area contributed by atoms with Crippen molar-refractivity contribution in [2.24, 2.45) is 5.73 Å². The standard InChI is InChI=1S/C15H18ClN3O3/c1-8(2)12-13(15-18-11(7-17)22-19-15)9(16)6-10-14(12)21-5-3-4-20-10/h6,8H,3-5,7,17H2,1-2H3. The first kappa shape index (κ1) is 15.1. The number of nitrogens with two attached hydrogens (primary N) is 1. The van der Waals surface area contributed by atoms with Crippen LogP contribution in [0.25, 0.3) is 11.4 Å². The van der Waals surface area contributed by atoms with E-state index < -0.39 is 0 Å². The number of aromatic nitrogens is 2. The van der Waals surface area contributed by atoms with E-state index in [1.54, 1.807) is 6.07 Å². The molecule has 1 aromatic heterocycles.